The van der Waals surface area contributed by atoms with E-state index >= 15 is 0 Å². The van der Waals surface area contributed by atoms with Gasteiger partial charge in [0.15, 0.2) is 16.6 Å². The molecule has 0 radical (unpaired) electrons. The molecule has 0 aliphatic heterocycles. The molecule has 0 amide bonds. The molecule has 0 saturated carbocycles. The second kappa shape index (κ2) is 11.8. The normalized spacial score (nSPS) is 15.9. The van der Waals surface area contributed by atoms with Crippen molar-refractivity contribution in [1.82, 2.24) is 0 Å². The fraction of sp³-hybridized carbons (Fsp3) is 0.864. The number of ether oxygens (including phenoxy) is 2. The van der Waals surface area contributed by atoms with E-state index < -0.39 is 22.8 Å². The van der Waals surface area contributed by atoms with E-state index in [0.29, 0.717) is 6.61 Å². The average Bonchev–Trinajstić information content (AvgIpc) is 2.59. The zero-order valence-electron chi connectivity index (χ0n) is 21.3. The molecule has 0 aliphatic carbocycles. The van der Waals surface area contributed by atoms with Crippen LogP contribution in [0.5, 0.6) is 0 Å². The number of nitrogens with two attached hydrogens (primary N) is 1. The highest BCUT2D eigenvalue weighted by Crippen LogP contribution is 2.39. The Balaban J connectivity index is 5.07. The molecule has 0 aliphatic rings. The average molecular weight is 462 g/mol. The van der Waals surface area contributed by atoms with E-state index in [2.05, 4.69) is 72.5 Å². The molecule has 0 heterocycles. The lowest BCUT2D eigenvalue weighted by Crippen LogP contribution is -2.52. The SMILES string of the molecule is COC(=O)OC/C=C/CC[C@H](O[Si](C)(C)C(C)(C)C)[C@H](N)CO[Si](C)(C)C(C)(C)C. The van der Waals surface area contributed by atoms with Crippen molar-refractivity contribution in [2.24, 2.45) is 5.73 Å². The molecule has 6 nitrogen and oxygen atoms in total. The van der Waals surface area contributed by atoms with E-state index in [-0.39, 0.29) is 28.8 Å². The monoisotopic (exact) mass is 461 g/mol. The summed E-state index contributed by atoms with van der Waals surface area (Å²) >= 11 is 0. The van der Waals surface area contributed by atoms with Gasteiger partial charge in [0, 0.05) is 0 Å². The minimum atomic E-state index is -1.97. The Hall–Kier alpha value is -0.676. The Morgan fingerprint density at radius 2 is 1.50 bits per heavy atom. The van der Waals surface area contributed by atoms with E-state index in [1.54, 1.807) is 0 Å². The van der Waals surface area contributed by atoms with Crippen LogP contribution in [0.15, 0.2) is 12.2 Å². The first kappa shape index (κ1) is 29.3. The second-order valence-electron chi connectivity index (χ2n) is 11.0. The number of carbonyl (C=O) groups excluding carboxylic acids is 1. The Kier molecular flexibility index (Phi) is 11.5. The van der Waals surface area contributed by atoms with Crippen molar-refractivity contribution in [3.8, 4) is 0 Å². The highest BCUT2D eigenvalue weighted by atomic mass is 28.4. The van der Waals surface area contributed by atoms with Crippen LogP contribution in [0.3, 0.4) is 0 Å². The number of hydrogen-bond donors (Lipinski definition) is 1. The van der Waals surface area contributed by atoms with Gasteiger partial charge < -0.3 is 24.1 Å². The predicted molar refractivity (Wildman–Crippen MR) is 130 cm³/mol. The summed E-state index contributed by atoms with van der Waals surface area (Å²) in [6, 6.07) is -0.187. The Labute approximate surface area is 187 Å². The van der Waals surface area contributed by atoms with Crippen molar-refractivity contribution in [3.63, 3.8) is 0 Å². The number of allylic oxidation sites excluding steroid dienone is 1. The fourth-order valence-corrected chi connectivity index (χ4v) is 4.61. The van der Waals surface area contributed by atoms with Gasteiger partial charge in [-0.25, -0.2) is 4.79 Å². The van der Waals surface area contributed by atoms with E-state index in [0.717, 1.165) is 12.8 Å². The molecule has 2 N–H and O–H groups in total. The lowest BCUT2D eigenvalue weighted by atomic mass is 10.1. The van der Waals surface area contributed by atoms with Gasteiger partial charge in [0.1, 0.15) is 6.61 Å². The maximum absolute atomic E-state index is 11.0. The van der Waals surface area contributed by atoms with Crippen LogP contribution in [0.4, 0.5) is 4.79 Å². The highest BCUT2D eigenvalue weighted by Gasteiger charge is 2.41. The first-order valence-electron chi connectivity index (χ1n) is 10.9. The second-order valence-corrected chi connectivity index (χ2v) is 20.5. The van der Waals surface area contributed by atoms with Gasteiger partial charge in [-0.2, -0.15) is 0 Å². The Morgan fingerprint density at radius 3 is 1.97 bits per heavy atom. The Morgan fingerprint density at radius 1 is 0.967 bits per heavy atom. The number of hydrogen-bond acceptors (Lipinski definition) is 6. The van der Waals surface area contributed by atoms with E-state index in [1.807, 2.05) is 12.2 Å². The van der Waals surface area contributed by atoms with Crippen molar-refractivity contribution in [3.05, 3.63) is 12.2 Å². The van der Waals surface area contributed by atoms with Crippen LogP contribution in [0.2, 0.25) is 36.3 Å². The maximum atomic E-state index is 11.0. The van der Waals surface area contributed by atoms with Crippen LogP contribution < -0.4 is 5.73 Å². The molecule has 0 fully saturated rings. The molecule has 2 atom stereocenters. The van der Waals surface area contributed by atoms with Crippen LogP contribution in [-0.4, -0.2) is 55.3 Å². The predicted octanol–water partition coefficient (Wildman–Crippen LogP) is 5.85. The third kappa shape index (κ3) is 10.1. The first-order chi connectivity index (χ1) is 13.4. The molecule has 0 aromatic carbocycles. The summed E-state index contributed by atoms with van der Waals surface area (Å²) in [5.41, 5.74) is 6.60. The van der Waals surface area contributed by atoms with Crippen LogP contribution in [-0.2, 0) is 18.3 Å². The minimum Gasteiger partial charge on any atom is -0.438 e. The van der Waals surface area contributed by atoms with E-state index in [1.165, 1.54) is 7.11 Å². The summed E-state index contributed by atoms with van der Waals surface area (Å²) in [5, 5.41) is 0.250. The molecule has 0 aromatic rings. The molecule has 0 aromatic heterocycles. The van der Waals surface area contributed by atoms with E-state index in [4.69, 9.17) is 19.3 Å². The summed E-state index contributed by atoms with van der Waals surface area (Å²) in [7, 11) is -2.55. The highest BCUT2D eigenvalue weighted by molar-refractivity contribution is 6.74. The molecule has 0 rings (SSSR count). The van der Waals surface area contributed by atoms with Gasteiger partial charge in [-0.3, -0.25) is 0 Å². The zero-order chi connectivity index (χ0) is 23.8. The van der Waals surface area contributed by atoms with Gasteiger partial charge >= 0.3 is 6.16 Å². The van der Waals surface area contributed by atoms with Crippen molar-refractivity contribution >= 4 is 22.8 Å². The summed E-state index contributed by atoms with van der Waals surface area (Å²) < 4.78 is 22.4. The van der Waals surface area contributed by atoms with Crippen molar-refractivity contribution in [1.29, 1.82) is 0 Å². The summed E-state index contributed by atoms with van der Waals surface area (Å²) in [6.45, 7) is 23.1. The Bertz CT molecular complexity index is 551. The molecule has 0 spiro atoms. The summed E-state index contributed by atoms with van der Waals surface area (Å²) in [4.78, 5) is 11.0. The van der Waals surface area contributed by atoms with Crippen molar-refractivity contribution in [2.45, 2.75) is 103 Å². The van der Waals surface area contributed by atoms with Crippen molar-refractivity contribution in [2.75, 3.05) is 20.3 Å². The molecule has 178 valence electrons. The number of carbonyl (C=O) groups is 1. The summed E-state index contributed by atoms with van der Waals surface area (Å²) in [6.07, 6.45) is 4.64. The van der Waals surface area contributed by atoms with Gasteiger partial charge in [0.2, 0.25) is 0 Å². The summed E-state index contributed by atoms with van der Waals surface area (Å²) in [5.74, 6) is 0. The van der Waals surface area contributed by atoms with Crippen LogP contribution >= 0.6 is 0 Å². The van der Waals surface area contributed by atoms with Gasteiger partial charge in [-0.05, 0) is 49.1 Å². The molecule has 0 saturated heterocycles. The zero-order valence-corrected chi connectivity index (χ0v) is 23.3. The fourth-order valence-electron chi connectivity index (χ4n) is 2.17. The van der Waals surface area contributed by atoms with E-state index in [9.17, 15) is 4.79 Å². The third-order valence-corrected chi connectivity index (χ3v) is 15.4. The minimum absolute atomic E-state index is 0.0816. The third-order valence-electron chi connectivity index (χ3n) is 6.42. The quantitative estimate of drug-likeness (QED) is 0.236. The van der Waals surface area contributed by atoms with Gasteiger partial charge in [0.05, 0.1) is 25.9 Å². The van der Waals surface area contributed by atoms with Crippen molar-refractivity contribution < 1.29 is 23.1 Å². The molecule has 0 unspecified atom stereocenters. The van der Waals surface area contributed by atoms with Crippen LogP contribution in [0.1, 0.15) is 54.4 Å². The standard InChI is InChI=1S/C22H47NO5Si2/c1-21(2,3)29(8,9)27-17-18(23)19(28-30(10,11)22(4,5)6)15-13-12-14-16-26-20(24)25-7/h12,14,18-19H,13,15-17,23H2,1-11H3/b14-12+/t18-,19+/m1/s1. The number of methoxy groups -OCH3 is 1. The molecule has 0 bridgehead atoms. The molecule has 8 heteroatoms. The molecule has 30 heavy (non-hydrogen) atoms. The van der Waals surface area contributed by atoms with Gasteiger partial charge in [-0.1, -0.05) is 53.7 Å². The molecular formula is C22H47NO5Si2. The maximum Gasteiger partial charge on any atom is 0.508 e. The van der Waals surface area contributed by atoms with Gasteiger partial charge in [0.25, 0.3) is 0 Å². The first-order valence-corrected chi connectivity index (χ1v) is 16.7. The van der Waals surface area contributed by atoms with Crippen LogP contribution in [0.25, 0.3) is 0 Å². The number of rotatable bonds is 11. The largest absolute Gasteiger partial charge is 0.508 e. The topological polar surface area (TPSA) is 80.0 Å². The van der Waals surface area contributed by atoms with Crippen LogP contribution in [0, 0.1) is 0 Å². The lowest BCUT2D eigenvalue weighted by molar-refractivity contribution is 0.0816. The molecular weight excluding hydrogens is 414 g/mol. The van der Waals surface area contributed by atoms with Gasteiger partial charge in [-0.15, -0.1) is 0 Å². The smallest absolute Gasteiger partial charge is 0.438 e. The lowest BCUT2D eigenvalue weighted by Gasteiger charge is -2.42.